The van der Waals surface area contributed by atoms with Crippen molar-refractivity contribution in [1.82, 2.24) is 0 Å². The Balaban J connectivity index is 0.810. The van der Waals surface area contributed by atoms with E-state index in [0.29, 0.717) is 26.4 Å². The van der Waals surface area contributed by atoms with Crippen LogP contribution in [-0.2, 0) is 0 Å². The molecule has 0 unspecified atom stereocenters. The van der Waals surface area contributed by atoms with Gasteiger partial charge in [0.2, 0.25) is 0 Å². The summed E-state index contributed by atoms with van der Waals surface area (Å²) in [6.45, 7) is 15.6. The standard InChI is InChI=1S/C122H128N2O4/c1-7-11-71-125-113-75-85(5)76-114(126-72-12-8-2)121(113)123(101-65-53-95(54-66-101)83-110(97-57-45-91(46-58-97)79-87-31-19-15-20-32-87)98-59-47-92(48-60-98)80-88-33-21-16-22-34-88)112-70-69-105-103-41-29-44-109-119(103)118(108-43-30-42-107(112)117(105)108)104-39-27-28-40-106(104)120(109)124(122-115(127-73-13-9-3)77-86(6)78-116(122)128-74-14-10-4)102-67-55-96(56-68-102)84-111(99-61-49-93(50-62-99)81-89-35-23-17-24-36-89)100-63-51-94(52-64-100)82-90-37-25-18-26-38-90/h27-30,39-70,75-84H,7-26,31-38,71-74H2,1-6H3. The average molecular weight is 1690 g/mol. The Morgan fingerprint density at radius 1 is 0.266 bits per heavy atom. The second-order valence-corrected chi connectivity index (χ2v) is 36.8. The Bertz CT molecular complexity index is 6170. The summed E-state index contributed by atoms with van der Waals surface area (Å²) in [5, 5.41) is 11.7. The lowest BCUT2D eigenvalue weighted by Crippen LogP contribution is -2.16. The van der Waals surface area contributed by atoms with Gasteiger partial charge in [-0.15, -0.1) is 0 Å². The molecule has 0 N–H and O–H groups in total. The van der Waals surface area contributed by atoms with E-state index in [9.17, 15) is 0 Å². The van der Waals surface area contributed by atoms with Crippen LogP contribution in [0.15, 0.2) is 265 Å². The topological polar surface area (TPSA) is 43.4 Å². The fourth-order valence-corrected chi connectivity index (χ4v) is 20.4. The molecule has 6 heteroatoms. The highest BCUT2D eigenvalue weighted by Crippen LogP contribution is 2.57. The van der Waals surface area contributed by atoms with Crippen LogP contribution in [0.4, 0.5) is 34.1 Å². The molecule has 14 aromatic carbocycles. The number of nitrogens with zero attached hydrogens (tertiary/aromatic N) is 2. The van der Waals surface area contributed by atoms with Crippen molar-refractivity contribution in [3.05, 3.63) is 332 Å². The van der Waals surface area contributed by atoms with Crippen molar-refractivity contribution in [3.8, 4) is 23.0 Å². The third-order valence-electron chi connectivity index (χ3n) is 27.2. The van der Waals surface area contributed by atoms with Gasteiger partial charge in [-0.2, -0.15) is 0 Å². The Kier molecular flexibility index (Phi) is 28.0. The van der Waals surface area contributed by atoms with Crippen molar-refractivity contribution in [2.24, 2.45) is 0 Å². The van der Waals surface area contributed by atoms with Gasteiger partial charge in [-0.05, 0) is 319 Å². The lowest BCUT2D eigenvalue weighted by Gasteiger charge is -2.33. The first-order valence-corrected chi connectivity index (χ1v) is 48.9. The van der Waals surface area contributed by atoms with Crippen LogP contribution >= 0.6 is 0 Å². The first-order valence-electron chi connectivity index (χ1n) is 48.9. The third-order valence-corrected chi connectivity index (χ3v) is 27.2. The Morgan fingerprint density at radius 2 is 0.562 bits per heavy atom. The fraction of sp³-hybridized carbons (Fsp3) is 0.311. The zero-order valence-electron chi connectivity index (χ0n) is 76.7. The molecule has 0 amide bonds. The summed E-state index contributed by atoms with van der Waals surface area (Å²) in [7, 11) is 0. The van der Waals surface area contributed by atoms with E-state index in [2.05, 4.69) is 330 Å². The van der Waals surface area contributed by atoms with Gasteiger partial charge in [0.15, 0.2) is 0 Å². The molecule has 0 radical (unpaired) electrons. The molecule has 14 aromatic rings. The number of hydrogen-bond donors (Lipinski definition) is 0. The largest absolute Gasteiger partial charge is 0.491 e. The van der Waals surface area contributed by atoms with Crippen LogP contribution in [0, 0.1) is 13.8 Å². The normalized spacial score (nSPS) is 14.3. The van der Waals surface area contributed by atoms with Crippen LogP contribution in [0.1, 0.15) is 274 Å². The molecule has 128 heavy (non-hydrogen) atoms. The molecule has 4 saturated carbocycles. The number of ether oxygens (including phenoxy) is 4. The molecule has 650 valence electrons. The first-order chi connectivity index (χ1) is 63.1. The van der Waals surface area contributed by atoms with E-state index in [4.69, 9.17) is 18.9 Å². The van der Waals surface area contributed by atoms with Gasteiger partial charge >= 0.3 is 0 Å². The summed E-state index contributed by atoms with van der Waals surface area (Å²) in [5.41, 5.74) is 28.8. The number of unbranched alkanes of at least 4 members (excludes halogenated alkanes) is 4. The predicted octanol–water partition coefficient (Wildman–Crippen LogP) is 35.7. The minimum absolute atomic E-state index is 0.569. The van der Waals surface area contributed by atoms with E-state index < -0.39 is 0 Å². The lowest BCUT2D eigenvalue weighted by molar-refractivity contribution is 0.295. The molecular formula is C122H128N2O4. The average Bonchev–Trinajstić information content (AvgIpc) is 0.690. The molecule has 0 aromatic heterocycles. The number of fused-ring (bicyclic) bond motifs is 4. The quantitative estimate of drug-likeness (QED) is 0.0181. The number of anilines is 6. The molecule has 18 rings (SSSR count). The van der Waals surface area contributed by atoms with Gasteiger partial charge in [0, 0.05) is 32.9 Å². The Hall–Kier alpha value is -12.1. The van der Waals surface area contributed by atoms with E-state index in [0.717, 1.165) is 152 Å². The van der Waals surface area contributed by atoms with Crippen molar-refractivity contribution >= 4 is 136 Å². The van der Waals surface area contributed by atoms with Crippen LogP contribution in [-0.4, -0.2) is 26.4 Å². The molecule has 4 aliphatic carbocycles. The van der Waals surface area contributed by atoms with Crippen LogP contribution in [0.2, 0.25) is 0 Å². The maximum atomic E-state index is 7.19. The van der Waals surface area contributed by atoms with E-state index in [1.807, 2.05) is 0 Å². The van der Waals surface area contributed by atoms with Crippen molar-refractivity contribution in [1.29, 1.82) is 0 Å². The summed E-state index contributed by atoms with van der Waals surface area (Å²) in [6, 6.07) is 92.9. The Labute approximate surface area is 761 Å². The highest BCUT2D eigenvalue weighted by molar-refractivity contribution is 6.41. The molecule has 0 saturated heterocycles. The summed E-state index contributed by atoms with van der Waals surface area (Å²) in [4.78, 5) is 4.96. The third kappa shape index (κ3) is 19.6. The van der Waals surface area contributed by atoms with Gasteiger partial charge < -0.3 is 28.7 Å². The van der Waals surface area contributed by atoms with Crippen molar-refractivity contribution in [2.45, 2.75) is 221 Å². The minimum atomic E-state index is 0.569. The summed E-state index contributed by atoms with van der Waals surface area (Å²) >= 11 is 0. The minimum Gasteiger partial charge on any atom is -0.491 e. The highest BCUT2D eigenvalue weighted by Gasteiger charge is 2.32. The smallest absolute Gasteiger partial charge is 0.147 e. The van der Waals surface area contributed by atoms with Gasteiger partial charge in [0.05, 0.1) is 37.8 Å². The van der Waals surface area contributed by atoms with Crippen LogP contribution < -0.4 is 28.7 Å². The number of benzene rings is 14. The van der Waals surface area contributed by atoms with Crippen LogP contribution in [0.3, 0.4) is 0 Å². The van der Waals surface area contributed by atoms with Crippen molar-refractivity contribution in [2.75, 3.05) is 36.2 Å². The zero-order valence-corrected chi connectivity index (χ0v) is 76.7. The molecule has 0 bridgehead atoms. The van der Waals surface area contributed by atoms with Gasteiger partial charge in [-0.1, -0.05) is 314 Å². The monoisotopic (exact) mass is 1680 g/mol. The Morgan fingerprint density at radius 3 is 0.938 bits per heavy atom. The second-order valence-electron chi connectivity index (χ2n) is 36.8. The van der Waals surface area contributed by atoms with Gasteiger partial charge in [0.25, 0.3) is 0 Å². The number of hydrogen-bond acceptors (Lipinski definition) is 6. The predicted molar refractivity (Wildman–Crippen MR) is 550 cm³/mol. The van der Waals surface area contributed by atoms with E-state index in [-0.39, 0.29) is 0 Å². The number of aryl methyl sites for hydroxylation is 2. The van der Waals surface area contributed by atoms with Crippen molar-refractivity contribution < 1.29 is 18.9 Å². The summed E-state index contributed by atoms with van der Waals surface area (Å²) in [5.74, 6) is 3.20. The van der Waals surface area contributed by atoms with E-state index in [1.54, 1.807) is 22.3 Å². The molecule has 6 nitrogen and oxygen atoms in total. The molecule has 4 fully saturated rings. The van der Waals surface area contributed by atoms with Crippen LogP contribution in [0.5, 0.6) is 23.0 Å². The number of rotatable bonds is 32. The highest BCUT2D eigenvalue weighted by atomic mass is 16.5. The number of allylic oxidation sites excluding steroid dienone is 4. The molecule has 0 heterocycles. The zero-order chi connectivity index (χ0) is 87.1. The molecular weight excluding hydrogens is 1560 g/mol. The molecule has 4 aliphatic rings. The van der Waals surface area contributed by atoms with Crippen LogP contribution in [0.25, 0.3) is 101 Å². The van der Waals surface area contributed by atoms with Gasteiger partial charge in [-0.3, -0.25) is 0 Å². The van der Waals surface area contributed by atoms with E-state index in [1.165, 1.54) is 216 Å². The summed E-state index contributed by atoms with van der Waals surface area (Å²) < 4.78 is 28.6. The summed E-state index contributed by atoms with van der Waals surface area (Å²) in [6.07, 6.45) is 47.5. The van der Waals surface area contributed by atoms with E-state index >= 15 is 0 Å². The fourth-order valence-electron chi connectivity index (χ4n) is 20.4. The molecule has 0 atom stereocenters. The second kappa shape index (κ2) is 41.3. The molecule has 0 spiro atoms. The maximum absolute atomic E-state index is 7.19. The first kappa shape index (κ1) is 86.6. The van der Waals surface area contributed by atoms with Crippen molar-refractivity contribution in [3.63, 3.8) is 0 Å². The SMILES string of the molecule is CCCCOc1cc(C)cc(OCCCC)c1N(c1ccc(C=C(c2ccc(C=C3CCCCC3)cc2)c2ccc(C=C3CCCCC3)cc2)cc1)c1ccc2c3cccc4c(N(c5ccc(C=C(c6ccc(C=C7CCCCC7)cc6)c6ccc(C=C7CCCCC7)cc6)cc5)c5c(OCCCC)cc(C)cc5OCCCC)c5ccccc5c(c5cccc1c25)c43. The van der Waals surface area contributed by atoms with Gasteiger partial charge in [-0.25, -0.2) is 0 Å². The lowest BCUT2D eigenvalue weighted by atomic mass is 9.85. The van der Waals surface area contributed by atoms with Gasteiger partial charge in [0.1, 0.15) is 34.4 Å². The molecule has 0 aliphatic heterocycles. The maximum Gasteiger partial charge on any atom is 0.147 e.